The normalized spacial score (nSPS) is 15.7. The summed E-state index contributed by atoms with van der Waals surface area (Å²) in [4.78, 5) is 9.41. The number of nitrogens with zero attached hydrogens (tertiary/aromatic N) is 4. The third kappa shape index (κ3) is 7.17. The van der Waals surface area contributed by atoms with Gasteiger partial charge in [0.1, 0.15) is 17.3 Å². The maximum Gasteiger partial charge on any atom is 0.417 e. The number of nitriles is 1. The molecule has 0 radical (unpaired) electrons. The summed E-state index contributed by atoms with van der Waals surface area (Å²) >= 11 is 0. The lowest BCUT2D eigenvalue weighted by Crippen LogP contribution is -2.19. The van der Waals surface area contributed by atoms with Gasteiger partial charge in [0.05, 0.1) is 18.2 Å². The second-order valence-electron chi connectivity index (χ2n) is 13.7. The molecule has 2 aliphatic heterocycles. The molecule has 3 heterocycles. The summed E-state index contributed by atoms with van der Waals surface area (Å²) in [5, 5.41) is 9.95. The quantitative estimate of drug-likeness (QED) is 0.144. The van der Waals surface area contributed by atoms with Gasteiger partial charge in [0, 0.05) is 24.2 Å². The van der Waals surface area contributed by atoms with Gasteiger partial charge >= 0.3 is 6.18 Å². The standard InChI is InChI=1S/C42H41F3N4O2/c1-27-30(14-15-31-23-39(50-3)33(22-37(31)42(43,44)45)26-49-18-6-7-19-49)10-8-11-34(27)35-12-9-13-36(28(35)2)41-47-38-21-29(25-48-16-4-5-17-48)20-32(24-46)40(38)51-41/h8-15,20-23H,4-7,16-19,25-26H2,1-3H3/b15-14+. The highest BCUT2D eigenvalue weighted by molar-refractivity contribution is 5.85. The fourth-order valence-corrected chi connectivity index (χ4v) is 7.56. The SMILES string of the molecule is COc1cc(/C=C/c2cccc(-c3cccc(-c4nc5cc(CN6CCCC6)cc(C#N)c5o4)c3C)c2C)c(C(F)(F)F)cc1CN1CCCC1. The van der Waals surface area contributed by atoms with Crippen LogP contribution in [0, 0.1) is 25.2 Å². The van der Waals surface area contributed by atoms with E-state index in [0.717, 1.165) is 84.5 Å². The van der Waals surface area contributed by atoms with Gasteiger partial charge in [-0.25, -0.2) is 4.98 Å². The van der Waals surface area contributed by atoms with E-state index in [1.807, 2.05) is 62.4 Å². The lowest BCUT2D eigenvalue weighted by molar-refractivity contribution is -0.137. The highest BCUT2D eigenvalue weighted by Gasteiger charge is 2.34. The minimum atomic E-state index is -4.52. The zero-order valence-corrected chi connectivity index (χ0v) is 29.2. The monoisotopic (exact) mass is 690 g/mol. The molecule has 0 amide bonds. The molecule has 51 heavy (non-hydrogen) atoms. The predicted octanol–water partition coefficient (Wildman–Crippen LogP) is 10.0. The molecule has 9 heteroatoms. The number of hydrogen-bond acceptors (Lipinski definition) is 6. The second-order valence-corrected chi connectivity index (χ2v) is 13.7. The molecule has 2 fully saturated rings. The Balaban J connectivity index is 1.21. The summed E-state index contributed by atoms with van der Waals surface area (Å²) in [5.74, 6) is 0.894. The summed E-state index contributed by atoms with van der Waals surface area (Å²) in [5.41, 5.74) is 7.98. The van der Waals surface area contributed by atoms with Gasteiger partial charge in [-0.2, -0.15) is 18.4 Å². The van der Waals surface area contributed by atoms with E-state index in [4.69, 9.17) is 14.1 Å². The van der Waals surface area contributed by atoms with E-state index < -0.39 is 11.7 Å². The van der Waals surface area contributed by atoms with Crippen molar-refractivity contribution in [3.8, 4) is 34.4 Å². The van der Waals surface area contributed by atoms with Crippen LogP contribution in [0.2, 0.25) is 0 Å². The van der Waals surface area contributed by atoms with E-state index in [1.165, 1.54) is 38.2 Å². The molecule has 0 spiro atoms. The van der Waals surface area contributed by atoms with Crippen LogP contribution in [0.5, 0.6) is 5.75 Å². The Labute approximate surface area is 296 Å². The molecule has 5 aromatic rings. The third-order valence-electron chi connectivity index (χ3n) is 10.3. The van der Waals surface area contributed by atoms with Crippen molar-refractivity contribution in [1.29, 1.82) is 5.26 Å². The lowest BCUT2D eigenvalue weighted by atomic mass is 9.91. The molecule has 6 nitrogen and oxygen atoms in total. The minimum Gasteiger partial charge on any atom is -0.496 e. The number of ether oxygens (including phenoxy) is 1. The Morgan fingerprint density at radius 1 is 0.824 bits per heavy atom. The van der Waals surface area contributed by atoms with E-state index in [1.54, 1.807) is 6.08 Å². The van der Waals surface area contributed by atoms with E-state index in [2.05, 4.69) is 15.9 Å². The van der Waals surface area contributed by atoms with E-state index >= 15 is 0 Å². The smallest absolute Gasteiger partial charge is 0.417 e. The van der Waals surface area contributed by atoms with Crippen LogP contribution in [0.25, 0.3) is 45.8 Å². The number of halogens is 3. The molecular formula is C42H41F3N4O2. The van der Waals surface area contributed by atoms with E-state index in [-0.39, 0.29) is 5.56 Å². The van der Waals surface area contributed by atoms with Crippen molar-refractivity contribution in [2.75, 3.05) is 33.3 Å². The molecule has 0 bridgehead atoms. The van der Waals surface area contributed by atoms with Gasteiger partial charge in [0.2, 0.25) is 5.89 Å². The summed E-state index contributed by atoms with van der Waals surface area (Å²) in [7, 11) is 1.50. The number of oxazole rings is 1. The highest BCUT2D eigenvalue weighted by atomic mass is 19.4. The van der Waals surface area contributed by atoms with Crippen LogP contribution >= 0.6 is 0 Å². The minimum absolute atomic E-state index is 0.0591. The van der Waals surface area contributed by atoms with Crippen molar-refractivity contribution in [2.45, 2.75) is 58.8 Å². The number of likely N-dealkylation sites (tertiary alicyclic amines) is 2. The molecule has 2 saturated heterocycles. The average Bonchev–Trinajstić information content (AvgIpc) is 3.91. The van der Waals surface area contributed by atoms with Crippen molar-refractivity contribution in [3.63, 3.8) is 0 Å². The number of alkyl halides is 3. The van der Waals surface area contributed by atoms with Crippen LogP contribution in [-0.4, -0.2) is 48.1 Å². The Morgan fingerprint density at radius 3 is 2.12 bits per heavy atom. The highest BCUT2D eigenvalue weighted by Crippen LogP contribution is 2.39. The van der Waals surface area contributed by atoms with Crippen LogP contribution in [-0.2, 0) is 19.3 Å². The number of fused-ring (bicyclic) bond motifs is 1. The number of aromatic nitrogens is 1. The number of rotatable bonds is 9. The maximum atomic E-state index is 14.4. The summed E-state index contributed by atoms with van der Waals surface area (Å²) < 4.78 is 55.0. The van der Waals surface area contributed by atoms with Crippen molar-refractivity contribution in [3.05, 3.63) is 105 Å². The maximum absolute atomic E-state index is 14.4. The van der Waals surface area contributed by atoms with Crippen molar-refractivity contribution >= 4 is 23.3 Å². The Hall–Kier alpha value is -4.91. The first kappa shape index (κ1) is 34.5. The van der Waals surface area contributed by atoms with Crippen molar-refractivity contribution in [1.82, 2.24) is 14.8 Å². The largest absolute Gasteiger partial charge is 0.496 e. The molecule has 0 aliphatic carbocycles. The fraction of sp³-hybridized carbons (Fsp3) is 0.333. The molecule has 0 N–H and O–H groups in total. The Morgan fingerprint density at radius 2 is 1.45 bits per heavy atom. The lowest BCUT2D eigenvalue weighted by Gasteiger charge is -2.20. The predicted molar refractivity (Wildman–Crippen MR) is 195 cm³/mol. The molecule has 0 unspecified atom stereocenters. The van der Waals surface area contributed by atoms with Crippen LogP contribution in [0.4, 0.5) is 13.2 Å². The zero-order chi connectivity index (χ0) is 35.7. The molecule has 262 valence electrons. The van der Waals surface area contributed by atoms with Gasteiger partial charge < -0.3 is 9.15 Å². The van der Waals surface area contributed by atoms with Gasteiger partial charge in [-0.1, -0.05) is 42.5 Å². The molecule has 4 aromatic carbocycles. The van der Waals surface area contributed by atoms with Crippen molar-refractivity contribution in [2.24, 2.45) is 0 Å². The first-order valence-corrected chi connectivity index (χ1v) is 17.6. The second kappa shape index (κ2) is 14.4. The van der Waals surface area contributed by atoms with Crippen LogP contribution < -0.4 is 4.74 Å². The van der Waals surface area contributed by atoms with Gasteiger partial charge in [-0.05, 0) is 135 Å². The van der Waals surface area contributed by atoms with Gasteiger partial charge in [-0.15, -0.1) is 0 Å². The molecule has 0 atom stereocenters. The van der Waals surface area contributed by atoms with Gasteiger partial charge in [-0.3, -0.25) is 9.80 Å². The first-order valence-electron chi connectivity index (χ1n) is 17.6. The first-order chi connectivity index (χ1) is 24.6. The summed E-state index contributed by atoms with van der Waals surface area (Å²) in [6.45, 7) is 9.06. The summed E-state index contributed by atoms with van der Waals surface area (Å²) in [6.07, 6.45) is 3.24. The zero-order valence-electron chi connectivity index (χ0n) is 29.2. The third-order valence-corrected chi connectivity index (χ3v) is 10.3. The van der Waals surface area contributed by atoms with Crippen LogP contribution in [0.1, 0.15) is 70.2 Å². The number of methoxy groups -OCH3 is 1. The average molecular weight is 691 g/mol. The number of hydrogen-bond donors (Lipinski definition) is 0. The van der Waals surface area contributed by atoms with Gasteiger partial charge in [0.25, 0.3) is 0 Å². The summed E-state index contributed by atoms with van der Waals surface area (Å²) in [6, 6.07) is 20.7. The molecule has 2 aliphatic rings. The van der Waals surface area contributed by atoms with E-state index in [0.29, 0.717) is 40.4 Å². The molecular weight excluding hydrogens is 649 g/mol. The topological polar surface area (TPSA) is 65.5 Å². The molecule has 1 aromatic heterocycles. The van der Waals surface area contributed by atoms with Gasteiger partial charge in [0.15, 0.2) is 5.58 Å². The van der Waals surface area contributed by atoms with Crippen LogP contribution in [0.15, 0.2) is 65.1 Å². The Bertz CT molecular complexity index is 2150. The van der Waals surface area contributed by atoms with Crippen molar-refractivity contribution < 1.29 is 22.3 Å². The molecule has 0 saturated carbocycles. The molecule has 7 rings (SSSR count). The van der Waals surface area contributed by atoms with E-state index in [9.17, 15) is 18.4 Å². The number of benzene rings is 4. The van der Waals surface area contributed by atoms with Crippen LogP contribution in [0.3, 0.4) is 0 Å². The fourth-order valence-electron chi connectivity index (χ4n) is 7.56. The Kier molecular flexibility index (Phi) is 9.73.